The molecule has 2 heterocycles. The van der Waals surface area contributed by atoms with E-state index in [0.717, 1.165) is 39.9 Å². The smallest absolute Gasteiger partial charge is 0.283 e. The van der Waals surface area contributed by atoms with E-state index in [4.69, 9.17) is 19.6 Å². The summed E-state index contributed by atoms with van der Waals surface area (Å²) in [5.74, 6) is 0.960. The van der Waals surface area contributed by atoms with Crippen molar-refractivity contribution in [1.29, 1.82) is 5.41 Å². The van der Waals surface area contributed by atoms with Gasteiger partial charge in [0.25, 0.3) is 5.91 Å². The Balaban J connectivity index is 1.42. The number of thioether (sulfide) groups is 1. The number of carbonyl (C=O) groups is 1. The van der Waals surface area contributed by atoms with E-state index >= 15 is 0 Å². The summed E-state index contributed by atoms with van der Waals surface area (Å²) in [4.78, 5) is 16.5. The van der Waals surface area contributed by atoms with Gasteiger partial charge in [-0.15, -0.1) is 5.10 Å². The van der Waals surface area contributed by atoms with Crippen LogP contribution < -0.4 is 14.2 Å². The summed E-state index contributed by atoms with van der Waals surface area (Å²) in [6, 6.07) is 11.1. The van der Waals surface area contributed by atoms with E-state index in [0.29, 0.717) is 36.7 Å². The van der Waals surface area contributed by atoms with Crippen molar-refractivity contribution in [2.75, 3.05) is 26.6 Å². The van der Waals surface area contributed by atoms with Crippen LogP contribution in [0.3, 0.4) is 0 Å². The fourth-order valence-electron chi connectivity index (χ4n) is 3.63. The Kier molecular flexibility index (Phi) is 7.69. The summed E-state index contributed by atoms with van der Waals surface area (Å²) < 4.78 is 40.6. The summed E-state index contributed by atoms with van der Waals surface area (Å²) >= 11 is 0.740. The fourth-order valence-corrected chi connectivity index (χ4v) is 5.31. The number of hydrogen-bond donors (Lipinski definition) is 1. The lowest BCUT2D eigenvalue weighted by Gasteiger charge is -2.20. The number of carbonyl (C=O) groups excluding carboxylic acids is 1. The molecule has 10 nitrogen and oxygen atoms in total. The molecule has 1 amide bonds. The number of aliphatic imine (C=N–C) groups is 1. The minimum atomic E-state index is -3.60. The van der Waals surface area contributed by atoms with Crippen LogP contribution in [-0.4, -0.2) is 61.3 Å². The largest absolute Gasteiger partial charge is 0.493 e. The van der Waals surface area contributed by atoms with Crippen LogP contribution in [-0.2, 0) is 14.6 Å². The zero-order valence-electron chi connectivity index (χ0n) is 20.8. The molecule has 0 unspecified atom stereocenters. The van der Waals surface area contributed by atoms with Gasteiger partial charge in [0.15, 0.2) is 17.3 Å². The molecule has 0 fully saturated rings. The number of aryl methyl sites for hydroxylation is 2. The average Bonchev–Trinajstić information content (AvgIpc) is 3.28. The normalized spacial score (nSPS) is 16.4. The number of nitrogens with zero attached hydrogens (tertiary/aromatic N) is 3. The third kappa shape index (κ3) is 5.86. The summed E-state index contributed by atoms with van der Waals surface area (Å²) in [7, 11) is -2.09. The number of nitrogens with one attached hydrogen (secondary N) is 1. The molecule has 0 aromatic heterocycles. The van der Waals surface area contributed by atoms with Gasteiger partial charge >= 0.3 is 0 Å². The first-order chi connectivity index (χ1) is 17.6. The first kappa shape index (κ1) is 26.4. The Labute approximate surface area is 219 Å². The number of amidine groups is 2. The molecule has 2 aromatic carbocycles. The minimum absolute atomic E-state index is 0.0257. The molecule has 2 aromatic rings. The second-order valence-electron chi connectivity index (χ2n) is 8.34. The minimum Gasteiger partial charge on any atom is -0.493 e. The Hall–Kier alpha value is -3.64. The molecule has 2 aliphatic heterocycles. The highest BCUT2D eigenvalue weighted by Gasteiger charge is 2.38. The van der Waals surface area contributed by atoms with Gasteiger partial charge in [-0.3, -0.25) is 10.2 Å². The van der Waals surface area contributed by atoms with Gasteiger partial charge in [0.1, 0.15) is 5.75 Å². The number of hydrogen-bond acceptors (Lipinski definition) is 9. The lowest BCUT2D eigenvalue weighted by atomic mass is 10.1. The van der Waals surface area contributed by atoms with Crippen LogP contribution in [0.25, 0.3) is 6.08 Å². The molecule has 2 aliphatic rings. The molecule has 12 heteroatoms. The topological polar surface area (TPSA) is 131 Å². The summed E-state index contributed by atoms with van der Waals surface area (Å²) in [5, 5.41) is 13.4. The molecule has 0 saturated heterocycles. The number of ether oxygens (including phenoxy) is 3. The molecular weight excluding hydrogens is 516 g/mol. The van der Waals surface area contributed by atoms with Crippen molar-refractivity contribution in [3.8, 4) is 17.2 Å². The molecule has 0 aliphatic carbocycles. The maximum Gasteiger partial charge on any atom is 0.283 e. The predicted octanol–water partition coefficient (Wildman–Crippen LogP) is 3.78. The second-order valence-corrected chi connectivity index (χ2v) is 11.5. The Morgan fingerprint density at radius 3 is 2.46 bits per heavy atom. The third-order valence-electron chi connectivity index (χ3n) is 5.45. The van der Waals surface area contributed by atoms with Gasteiger partial charge in [0.2, 0.25) is 19.4 Å². The average molecular weight is 543 g/mol. The van der Waals surface area contributed by atoms with E-state index in [-0.39, 0.29) is 21.0 Å². The van der Waals surface area contributed by atoms with Gasteiger partial charge in [0, 0.05) is 12.7 Å². The molecule has 0 saturated carbocycles. The SMILES string of the molecule is COc1cc(/C=C2/C(=N)N3N=C(S(C)(=O)=O)SC3=NC2=O)ccc1OCCCOc1c(C)cccc1C. The molecule has 1 N–H and O–H groups in total. The first-order valence-corrected chi connectivity index (χ1v) is 14.0. The lowest BCUT2D eigenvalue weighted by molar-refractivity contribution is -0.114. The van der Waals surface area contributed by atoms with Crippen LogP contribution in [0.5, 0.6) is 17.2 Å². The highest BCUT2D eigenvalue weighted by atomic mass is 32.3. The van der Waals surface area contributed by atoms with Crippen molar-refractivity contribution in [3.05, 3.63) is 58.7 Å². The number of amides is 1. The van der Waals surface area contributed by atoms with Gasteiger partial charge in [-0.25, -0.2) is 8.42 Å². The Bertz CT molecular complexity index is 1440. The quantitative estimate of drug-likeness (QED) is 0.394. The summed E-state index contributed by atoms with van der Waals surface area (Å²) in [6.45, 7) is 4.94. The third-order valence-corrected chi connectivity index (χ3v) is 8.03. The van der Waals surface area contributed by atoms with Crippen LogP contribution in [0.2, 0.25) is 0 Å². The van der Waals surface area contributed by atoms with Crippen LogP contribution >= 0.6 is 11.8 Å². The first-order valence-electron chi connectivity index (χ1n) is 11.3. The zero-order chi connectivity index (χ0) is 26.7. The van der Waals surface area contributed by atoms with Crippen LogP contribution in [0, 0.1) is 19.3 Å². The number of benzene rings is 2. The summed E-state index contributed by atoms with van der Waals surface area (Å²) in [5.41, 5.74) is 2.73. The Morgan fingerprint density at radius 2 is 1.78 bits per heavy atom. The van der Waals surface area contributed by atoms with Crippen molar-refractivity contribution in [1.82, 2.24) is 5.01 Å². The molecule has 37 heavy (non-hydrogen) atoms. The predicted molar refractivity (Wildman–Crippen MR) is 144 cm³/mol. The molecule has 0 radical (unpaired) electrons. The monoisotopic (exact) mass is 542 g/mol. The number of para-hydroxylation sites is 1. The van der Waals surface area contributed by atoms with Crippen LogP contribution in [0.15, 0.2) is 52.1 Å². The molecule has 4 rings (SSSR count). The van der Waals surface area contributed by atoms with E-state index in [1.54, 1.807) is 18.2 Å². The van der Waals surface area contributed by atoms with E-state index in [9.17, 15) is 13.2 Å². The zero-order valence-corrected chi connectivity index (χ0v) is 22.4. The van der Waals surface area contributed by atoms with E-state index in [1.165, 1.54) is 13.2 Å². The van der Waals surface area contributed by atoms with Crippen LogP contribution in [0.1, 0.15) is 23.1 Å². The Morgan fingerprint density at radius 1 is 1.08 bits per heavy atom. The molecule has 0 atom stereocenters. The van der Waals surface area contributed by atoms with Crippen molar-refractivity contribution in [2.24, 2.45) is 10.1 Å². The highest BCUT2D eigenvalue weighted by Crippen LogP contribution is 2.32. The molecule has 194 valence electrons. The lowest BCUT2D eigenvalue weighted by Crippen LogP contribution is -2.35. The van der Waals surface area contributed by atoms with Crippen molar-refractivity contribution < 1.29 is 27.4 Å². The number of fused-ring (bicyclic) bond motifs is 1. The maximum atomic E-state index is 12.6. The van der Waals surface area contributed by atoms with Crippen molar-refractivity contribution in [3.63, 3.8) is 0 Å². The maximum absolute atomic E-state index is 12.6. The van der Waals surface area contributed by atoms with Gasteiger partial charge in [0.05, 0.1) is 25.9 Å². The number of hydrazone groups is 1. The van der Waals surface area contributed by atoms with Gasteiger partial charge in [-0.1, -0.05) is 24.3 Å². The molecule has 0 bridgehead atoms. The highest BCUT2D eigenvalue weighted by molar-refractivity contribution is 8.42. The number of rotatable bonds is 8. The molecular formula is C25H26N4O6S2. The number of sulfone groups is 1. The van der Waals surface area contributed by atoms with Crippen LogP contribution in [0.4, 0.5) is 0 Å². The van der Waals surface area contributed by atoms with Gasteiger partial charge in [-0.2, -0.15) is 10.0 Å². The van der Waals surface area contributed by atoms with E-state index in [2.05, 4.69) is 10.1 Å². The standard InChI is InChI=1S/C25H26N4O6S2/c1-15-7-5-8-16(2)21(15)35-12-6-11-34-19-10-9-17(14-20(19)33-3)13-18-22(26)29-24(27-23(18)30)36-25(28-29)37(4,31)32/h5,7-10,13-14,26H,6,11-12H2,1-4H3/b18-13-,26-22?. The number of methoxy groups -OCH3 is 1. The fraction of sp³-hybridized carbons (Fsp3) is 0.280. The van der Waals surface area contributed by atoms with E-state index < -0.39 is 15.7 Å². The molecule has 0 spiro atoms. The summed E-state index contributed by atoms with van der Waals surface area (Å²) in [6.07, 6.45) is 3.15. The van der Waals surface area contributed by atoms with Crippen molar-refractivity contribution >= 4 is 49.0 Å². The van der Waals surface area contributed by atoms with E-state index in [1.807, 2.05) is 32.0 Å². The van der Waals surface area contributed by atoms with Crippen molar-refractivity contribution in [2.45, 2.75) is 20.3 Å². The van der Waals surface area contributed by atoms with Gasteiger partial charge < -0.3 is 14.2 Å². The second kappa shape index (κ2) is 10.8. The van der Waals surface area contributed by atoms with Gasteiger partial charge in [-0.05, 0) is 60.5 Å².